The van der Waals surface area contributed by atoms with Gasteiger partial charge in [0.25, 0.3) is 0 Å². The lowest BCUT2D eigenvalue weighted by Gasteiger charge is -2.26. The van der Waals surface area contributed by atoms with Gasteiger partial charge < -0.3 is 15.1 Å². The number of furan rings is 1. The second kappa shape index (κ2) is 12.5. The lowest BCUT2D eigenvalue weighted by atomic mass is 10.2. The molecule has 1 fully saturated rings. The average molecular weight is 517 g/mol. The molecule has 1 aromatic heterocycles. The lowest BCUT2D eigenvalue weighted by molar-refractivity contribution is -0.143. The first-order valence-electron chi connectivity index (χ1n) is 9.36. The number of aliphatic imine (C=N–C) groups is 1. The Morgan fingerprint density at radius 3 is 2.61 bits per heavy atom. The molecule has 0 bridgehead atoms. The van der Waals surface area contributed by atoms with Gasteiger partial charge >= 0.3 is 6.18 Å². The first-order valence-corrected chi connectivity index (χ1v) is 9.36. The van der Waals surface area contributed by atoms with Gasteiger partial charge in [-0.3, -0.25) is 14.8 Å². The number of hydrogen-bond acceptors (Lipinski definition) is 4. The summed E-state index contributed by atoms with van der Waals surface area (Å²) < 4.78 is 42.6. The van der Waals surface area contributed by atoms with Crippen molar-refractivity contribution in [3.63, 3.8) is 0 Å². The van der Waals surface area contributed by atoms with Crippen molar-refractivity contribution in [2.24, 2.45) is 4.99 Å². The van der Waals surface area contributed by atoms with Gasteiger partial charge in [-0.1, -0.05) is 0 Å². The second-order valence-electron chi connectivity index (χ2n) is 6.86. The van der Waals surface area contributed by atoms with Gasteiger partial charge in [-0.05, 0) is 58.1 Å². The quantitative estimate of drug-likeness (QED) is 0.228. The summed E-state index contributed by atoms with van der Waals surface area (Å²) in [5.41, 5.74) is 0. The highest BCUT2D eigenvalue weighted by Crippen LogP contribution is 2.24. The molecule has 0 saturated carbocycles. The minimum Gasteiger partial charge on any atom is -0.468 e. The molecule has 1 aliphatic heterocycles. The van der Waals surface area contributed by atoms with E-state index >= 15 is 0 Å². The maximum absolute atomic E-state index is 12.3. The molecule has 1 saturated heterocycles. The summed E-state index contributed by atoms with van der Waals surface area (Å²) in [5, 5.41) is 6.47. The first-order chi connectivity index (χ1) is 12.9. The van der Waals surface area contributed by atoms with Crippen molar-refractivity contribution in [3.8, 4) is 0 Å². The Kier molecular flexibility index (Phi) is 11.2. The zero-order valence-corrected chi connectivity index (χ0v) is 18.8. The molecule has 162 valence electrons. The zero-order valence-electron chi connectivity index (χ0n) is 16.5. The lowest BCUT2D eigenvalue weighted by Crippen LogP contribution is -2.43. The largest absolute Gasteiger partial charge is 0.468 e. The van der Waals surface area contributed by atoms with Crippen LogP contribution in [0.4, 0.5) is 13.2 Å². The molecule has 1 atom stereocenters. The van der Waals surface area contributed by atoms with Crippen LogP contribution in [0.3, 0.4) is 0 Å². The Bertz CT molecular complexity index is 562. The van der Waals surface area contributed by atoms with Crippen LogP contribution in [-0.4, -0.2) is 75.3 Å². The van der Waals surface area contributed by atoms with Crippen molar-refractivity contribution in [2.45, 2.75) is 31.5 Å². The van der Waals surface area contributed by atoms with Crippen molar-refractivity contribution in [2.75, 3.05) is 53.4 Å². The van der Waals surface area contributed by atoms with Gasteiger partial charge in [0, 0.05) is 20.1 Å². The van der Waals surface area contributed by atoms with E-state index in [4.69, 9.17) is 4.42 Å². The molecule has 0 aromatic carbocycles. The van der Waals surface area contributed by atoms with E-state index in [0.29, 0.717) is 32.0 Å². The third-order valence-corrected chi connectivity index (χ3v) is 4.60. The molecule has 28 heavy (non-hydrogen) atoms. The van der Waals surface area contributed by atoms with Crippen LogP contribution < -0.4 is 10.6 Å². The smallest absolute Gasteiger partial charge is 0.401 e. The summed E-state index contributed by atoms with van der Waals surface area (Å²) in [4.78, 5) is 7.87. The number of alkyl halides is 3. The fourth-order valence-electron chi connectivity index (χ4n) is 3.30. The van der Waals surface area contributed by atoms with Crippen LogP contribution in [0.5, 0.6) is 0 Å². The monoisotopic (exact) mass is 517 g/mol. The minimum absolute atomic E-state index is 0. The van der Waals surface area contributed by atoms with E-state index in [9.17, 15) is 13.2 Å². The van der Waals surface area contributed by atoms with Crippen LogP contribution in [0.2, 0.25) is 0 Å². The van der Waals surface area contributed by atoms with Gasteiger partial charge in [0.2, 0.25) is 0 Å². The van der Waals surface area contributed by atoms with E-state index in [1.54, 1.807) is 13.3 Å². The van der Waals surface area contributed by atoms with Crippen LogP contribution >= 0.6 is 24.0 Å². The Hall–Kier alpha value is -1.01. The summed E-state index contributed by atoms with van der Waals surface area (Å²) in [5.74, 6) is 1.57. The fraction of sp³-hybridized carbons (Fsp3) is 0.722. The normalized spacial score (nSPS) is 16.9. The highest BCUT2D eigenvalue weighted by Gasteiger charge is 2.29. The van der Waals surface area contributed by atoms with Gasteiger partial charge in [-0.2, -0.15) is 13.2 Å². The van der Waals surface area contributed by atoms with Crippen LogP contribution in [0.1, 0.15) is 31.1 Å². The van der Waals surface area contributed by atoms with Crippen LogP contribution in [0.15, 0.2) is 27.8 Å². The summed E-state index contributed by atoms with van der Waals surface area (Å²) in [6, 6.07) is 4.01. The predicted molar refractivity (Wildman–Crippen MR) is 115 cm³/mol. The number of rotatable bonds is 9. The molecule has 6 nitrogen and oxygen atoms in total. The van der Waals surface area contributed by atoms with E-state index < -0.39 is 12.7 Å². The van der Waals surface area contributed by atoms with Crippen molar-refractivity contribution < 1.29 is 17.6 Å². The van der Waals surface area contributed by atoms with E-state index in [1.165, 1.54) is 24.8 Å². The van der Waals surface area contributed by atoms with Gasteiger partial charge in [0.1, 0.15) is 5.76 Å². The Morgan fingerprint density at radius 1 is 1.32 bits per heavy atom. The summed E-state index contributed by atoms with van der Waals surface area (Å²) in [6.07, 6.45) is 0.505. The van der Waals surface area contributed by atoms with Crippen LogP contribution in [0.25, 0.3) is 0 Å². The molecule has 0 spiro atoms. The van der Waals surface area contributed by atoms with E-state index in [2.05, 4.69) is 20.5 Å². The summed E-state index contributed by atoms with van der Waals surface area (Å²) in [6.45, 7) is 2.78. The molecule has 2 heterocycles. The third-order valence-electron chi connectivity index (χ3n) is 4.60. The maximum atomic E-state index is 12.3. The molecule has 2 rings (SSSR count). The van der Waals surface area contributed by atoms with Crippen LogP contribution in [0, 0.1) is 0 Å². The van der Waals surface area contributed by atoms with Crippen LogP contribution in [-0.2, 0) is 0 Å². The average Bonchev–Trinajstić information content (AvgIpc) is 3.29. The minimum atomic E-state index is -4.16. The number of guanidine groups is 1. The number of nitrogens with zero attached hydrogens (tertiary/aromatic N) is 3. The molecule has 1 unspecified atom stereocenters. The third kappa shape index (κ3) is 8.99. The Morgan fingerprint density at radius 2 is 2.04 bits per heavy atom. The van der Waals surface area contributed by atoms with E-state index in [0.717, 1.165) is 18.8 Å². The fourth-order valence-corrected chi connectivity index (χ4v) is 3.30. The van der Waals surface area contributed by atoms with Crippen molar-refractivity contribution in [1.82, 2.24) is 20.4 Å². The number of likely N-dealkylation sites (tertiary alicyclic amines) is 1. The number of hydrogen-bond donors (Lipinski definition) is 2. The highest BCUT2D eigenvalue weighted by molar-refractivity contribution is 14.0. The molecule has 0 radical (unpaired) electrons. The van der Waals surface area contributed by atoms with Gasteiger partial charge in [0.15, 0.2) is 5.96 Å². The molecular formula is C18H31F3IN5O. The molecular weight excluding hydrogens is 486 g/mol. The topological polar surface area (TPSA) is 56.0 Å². The van der Waals surface area contributed by atoms with Crippen molar-refractivity contribution in [3.05, 3.63) is 24.2 Å². The van der Waals surface area contributed by atoms with Crippen molar-refractivity contribution in [1.29, 1.82) is 0 Å². The molecule has 1 aliphatic rings. The maximum Gasteiger partial charge on any atom is 0.401 e. The van der Waals surface area contributed by atoms with Gasteiger partial charge in [-0.15, -0.1) is 24.0 Å². The van der Waals surface area contributed by atoms with Gasteiger partial charge in [-0.25, -0.2) is 0 Å². The standard InChI is InChI=1S/C18H30F3N5O.HI/c1-22-17(23-8-6-9-25(2)14-18(19,20)21)24-13-15(16-7-5-12-27-16)26-10-3-4-11-26;/h5,7,12,15H,3-4,6,8-11,13-14H2,1-2H3,(H2,22,23,24);1H. The molecule has 10 heteroatoms. The molecule has 2 N–H and O–H groups in total. The van der Waals surface area contributed by atoms with E-state index in [1.807, 2.05) is 12.1 Å². The number of halogens is 4. The summed E-state index contributed by atoms with van der Waals surface area (Å²) >= 11 is 0. The van der Waals surface area contributed by atoms with Gasteiger partial charge in [0.05, 0.1) is 18.8 Å². The Balaban J connectivity index is 0.00000392. The van der Waals surface area contributed by atoms with E-state index in [-0.39, 0.29) is 30.0 Å². The molecule has 0 amide bonds. The number of nitrogens with one attached hydrogen (secondary N) is 2. The first kappa shape index (κ1) is 25.0. The highest BCUT2D eigenvalue weighted by atomic mass is 127. The molecule has 1 aromatic rings. The SMILES string of the molecule is CN=C(NCCCN(C)CC(F)(F)F)NCC(c1ccco1)N1CCCC1.I. The predicted octanol–water partition coefficient (Wildman–Crippen LogP) is 3.08. The zero-order chi connectivity index (χ0) is 19.7. The van der Waals surface area contributed by atoms with Crippen molar-refractivity contribution >= 4 is 29.9 Å². The Labute approximate surface area is 181 Å². The second-order valence-corrected chi connectivity index (χ2v) is 6.86. The molecule has 0 aliphatic carbocycles. The summed E-state index contributed by atoms with van der Waals surface area (Å²) in [7, 11) is 3.16.